The Morgan fingerprint density at radius 2 is 2.11 bits per heavy atom. The van der Waals surface area contributed by atoms with Gasteiger partial charge in [0.15, 0.2) is 0 Å². The number of rotatable bonds is 5. The summed E-state index contributed by atoms with van der Waals surface area (Å²) in [5.74, 6) is -0.806. The van der Waals surface area contributed by atoms with E-state index in [9.17, 15) is 8.78 Å². The van der Waals surface area contributed by atoms with Crippen molar-refractivity contribution in [3.8, 4) is 0 Å². The van der Waals surface area contributed by atoms with Gasteiger partial charge in [-0.25, -0.2) is 8.78 Å². The fraction of sp³-hybridized carbons (Fsp3) is 0.308. The lowest BCUT2D eigenvalue weighted by Crippen LogP contribution is -2.17. The van der Waals surface area contributed by atoms with Crippen LogP contribution in [0.4, 0.5) is 8.78 Å². The van der Waals surface area contributed by atoms with Crippen LogP contribution in [0.2, 0.25) is 0 Å². The van der Waals surface area contributed by atoms with Gasteiger partial charge >= 0.3 is 0 Å². The molecule has 2 aromatic rings. The van der Waals surface area contributed by atoms with E-state index >= 15 is 0 Å². The molecule has 0 spiro atoms. The second-order valence-electron chi connectivity index (χ2n) is 4.14. The highest BCUT2D eigenvalue weighted by molar-refractivity contribution is 5.18. The predicted molar refractivity (Wildman–Crippen MR) is 65.0 cm³/mol. The summed E-state index contributed by atoms with van der Waals surface area (Å²) < 4.78 is 28.0. The first-order chi connectivity index (χ1) is 8.65. The van der Waals surface area contributed by atoms with Gasteiger partial charge in [-0.1, -0.05) is 0 Å². The molecule has 0 amide bonds. The number of nitrogens with one attached hydrogen (secondary N) is 1. The third-order valence-corrected chi connectivity index (χ3v) is 2.65. The Bertz CT molecular complexity index is 523. The quantitative estimate of drug-likeness (QED) is 0.824. The Hall–Kier alpha value is -1.75. The SMILES string of the molecule is Cn1ccc(CCNCc2cc(F)ccc2F)n1. The second kappa shape index (κ2) is 5.73. The van der Waals surface area contributed by atoms with E-state index in [-0.39, 0.29) is 5.82 Å². The lowest BCUT2D eigenvalue weighted by atomic mass is 10.2. The van der Waals surface area contributed by atoms with Gasteiger partial charge in [-0.2, -0.15) is 5.10 Å². The number of hydrogen-bond donors (Lipinski definition) is 1. The summed E-state index contributed by atoms with van der Waals surface area (Å²) in [6, 6.07) is 5.41. The first-order valence-corrected chi connectivity index (χ1v) is 5.78. The molecule has 18 heavy (non-hydrogen) atoms. The normalized spacial score (nSPS) is 10.8. The van der Waals surface area contributed by atoms with Crippen LogP contribution < -0.4 is 5.32 Å². The zero-order valence-electron chi connectivity index (χ0n) is 10.2. The Labute approximate surface area is 104 Å². The molecule has 0 bridgehead atoms. The van der Waals surface area contributed by atoms with Gasteiger partial charge in [-0.15, -0.1) is 0 Å². The summed E-state index contributed by atoms with van der Waals surface area (Å²) in [6.45, 7) is 0.989. The molecule has 0 aliphatic heterocycles. The minimum Gasteiger partial charge on any atom is -0.312 e. The molecule has 96 valence electrons. The highest BCUT2D eigenvalue weighted by atomic mass is 19.1. The van der Waals surface area contributed by atoms with Gasteiger partial charge in [-0.05, 0) is 24.3 Å². The Morgan fingerprint density at radius 3 is 2.83 bits per heavy atom. The van der Waals surface area contributed by atoms with E-state index in [2.05, 4.69) is 10.4 Å². The fourth-order valence-corrected chi connectivity index (χ4v) is 1.71. The smallest absolute Gasteiger partial charge is 0.127 e. The molecule has 0 fully saturated rings. The van der Waals surface area contributed by atoms with Crippen molar-refractivity contribution in [3.63, 3.8) is 0 Å². The monoisotopic (exact) mass is 251 g/mol. The maximum absolute atomic E-state index is 13.3. The lowest BCUT2D eigenvalue weighted by Gasteiger charge is -2.05. The zero-order chi connectivity index (χ0) is 13.0. The second-order valence-corrected chi connectivity index (χ2v) is 4.14. The van der Waals surface area contributed by atoms with Crippen molar-refractivity contribution in [2.45, 2.75) is 13.0 Å². The lowest BCUT2D eigenvalue weighted by molar-refractivity contribution is 0.568. The molecule has 0 radical (unpaired) electrons. The van der Waals surface area contributed by atoms with Gasteiger partial charge in [0.05, 0.1) is 5.69 Å². The molecule has 0 unspecified atom stereocenters. The first kappa shape index (κ1) is 12.7. The highest BCUT2D eigenvalue weighted by Gasteiger charge is 2.03. The summed E-state index contributed by atoms with van der Waals surface area (Å²) in [5, 5.41) is 7.30. The molecule has 1 N–H and O–H groups in total. The average Bonchev–Trinajstić information content (AvgIpc) is 2.75. The molecule has 2 rings (SSSR count). The van der Waals surface area contributed by atoms with E-state index in [4.69, 9.17) is 0 Å². The number of hydrogen-bond acceptors (Lipinski definition) is 2. The van der Waals surface area contributed by atoms with Crippen molar-refractivity contribution in [1.82, 2.24) is 15.1 Å². The van der Waals surface area contributed by atoms with Crippen LogP contribution in [0.3, 0.4) is 0 Å². The van der Waals surface area contributed by atoms with Crippen molar-refractivity contribution in [2.75, 3.05) is 6.54 Å². The van der Waals surface area contributed by atoms with Crippen LogP contribution in [-0.2, 0) is 20.0 Å². The summed E-state index contributed by atoms with van der Waals surface area (Å²) in [6.07, 6.45) is 2.64. The van der Waals surface area contributed by atoms with Crippen LogP contribution in [0.1, 0.15) is 11.3 Å². The molecule has 3 nitrogen and oxygen atoms in total. The number of halogens is 2. The van der Waals surface area contributed by atoms with Crippen molar-refractivity contribution < 1.29 is 8.78 Å². The Kier molecular flexibility index (Phi) is 4.04. The molecule has 0 saturated carbocycles. The molecule has 1 heterocycles. The van der Waals surface area contributed by atoms with Gasteiger partial charge in [0, 0.05) is 38.3 Å². The highest BCUT2D eigenvalue weighted by Crippen LogP contribution is 2.09. The molecule has 0 atom stereocenters. The maximum Gasteiger partial charge on any atom is 0.127 e. The standard InChI is InChI=1S/C13H15F2N3/c1-18-7-5-12(17-18)4-6-16-9-10-8-11(14)2-3-13(10)15/h2-3,5,7-8,16H,4,6,9H2,1H3. The van der Waals surface area contributed by atoms with Crippen molar-refractivity contribution >= 4 is 0 Å². The van der Waals surface area contributed by atoms with Crippen LogP contribution >= 0.6 is 0 Å². The molecular weight excluding hydrogens is 236 g/mol. The molecule has 0 saturated heterocycles. The molecule has 0 aliphatic carbocycles. The summed E-state index contributed by atoms with van der Waals surface area (Å²) in [4.78, 5) is 0. The van der Waals surface area contributed by atoms with Crippen LogP contribution in [0.5, 0.6) is 0 Å². The Balaban J connectivity index is 1.80. The van der Waals surface area contributed by atoms with Crippen LogP contribution in [-0.4, -0.2) is 16.3 Å². The molecule has 0 aliphatic rings. The number of aromatic nitrogens is 2. The van der Waals surface area contributed by atoms with Crippen molar-refractivity contribution in [1.29, 1.82) is 0 Å². The number of nitrogens with zero attached hydrogens (tertiary/aromatic N) is 2. The Morgan fingerprint density at radius 1 is 1.28 bits per heavy atom. The van der Waals surface area contributed by atoms with E-state index in [0.717, 1.165) is 24.2 Å². The number of aryl methyl sites for hydroxylation is 1. The van der Waals surface area contributed by atoms with Gasteiger partial charge in [0.1, 0.15) is 11.6 Å². The van der Waals surface area contributed by atoms with Gasteiger partial charge in [-0.3, -0.25) is 4.68 Å². The third-order valence-electron chi connectivity index (χ3n) is 2.65. The van der Waals surface area contributed by atoms with E-state index in [1.165, 1.54) is 6.07 Å². The van der Waals surface area contributed by atoms with Gasteiger partial charge in [0.2, 0.25) is 0 Å². The van der Waals surface area contributed by atoms with Crippen molar-refractivity contribution in [3.05, 3.63) is 53.4 Å². The van der Waals surface area contributed by atoms with Crippen LogP contribution in [0, 0.1) is 11.6 Å². The fourth-order valence-electron chi connectivity index (χ4n) is 1.71. The third kappa shape index (κ3) is 3.37. The molecule has 1 aromatic carbocycles. The summed E-state index contributed by atoms with van der Waals surface area (Å²) >= 11 is 0. The summed E-state index contributed by atoms with van der Waals surface area (Å²) in [7, 11) is 1.86. The maximum atomic E-state index is 13.3. The van der Waals surface area contributed by atoms with E-state index < -0.39 is 5.82 Å². The summed E-state index contributed by atoms with van der Waals surface area (Å²) in [5.41, 5.74) is 1.32. The van der Waals surface area contributed by atoms with E-state index in [0.29, 0.717) is 18.7 Å². The average molecular weight is 251 g/mol. The molecule has 5 heteroatoms. The van der Waals surface area contributed by atoms with E-state index in [1.54, 1.807) is 4.68 Å². The topological polar surface area (TPSA) is 29.9 Å². The van der Waals surface area contributed by atoms with Crippen LogP contribution in [0.15, 0.2) is 30.5 Å². The minimum absolute atomic E-state index is 0.316. The van der Waals surface area contributed by atoms with Gasteiger partial charge < -0.3 is 5.32 Å². The van der Waals surface area contributed by atoms with Crippen molar-refractivity contribution in [2.24, 2.45) is 7.05 Å². The minimum atomic E-state index is -0.419. The molecular formula is C13H15F2N3. The number of benzene rings is 1. The van der Waals surface area contributed by atoms with Crippen LogP contribution in [0.25, 0.3) is 0 Å². The van der Waals surface area contributed by atoms with E-state index in [1.807, 2.05) is 19.3 Å². The first-order valence-electron chi connectivity index (χ1n) is 5.78. The molecule has 1 aromatic heterocycles. The zero-order valence-corrected chi connectivity index (χ0v) is 10.2. The predicted octanol–water partition coefficient (Wildman–Crippen LogP) is 2.03. The van der Waals surface area contributed by atoms with Gasteiger partial charge in [0.25, 0.3) is 0 Å². The largest absolute Gasteiger partial charge is 0.312 e.